The van der Waals surface area contributed by atoms with Crippen molar-refractivity contribution in [2.75, 3.05) is 26.4 Å². The number of carbonyl (C=O) groups is 6. The van der Waals surface area contributed by atoms with Gasteiger partial charge in [-0.15, -0.1) is 0 Å². The molecule has 0 fully saturated rings. The molecule has 10 nitrogen and oxygen atoms in total. The molecular weight excluding hydrogens is 376 g/mol. The van der Waals surface area contributed by atoms with Crippen molar-refractivity contribution in [3.05, 3.63) is 12.2 Å². The number of ketones is 2. The number of ether oxygens (including phenoxy) is 4. The van der Waals surface area contributed by atoms with Crippen LogP contribution in [0.25, 0.3) is 0 Å². The van der Waals surface area contributed by atoms with Crippen LogP contribution in [0.3, 0.4) is 0 Å². The highest BCUT2D eigenvalue weighted by Gasteiger charge is 2.37. The van der Waals surface area contributed by atoms with Crippen LogP contribution < -0.4 is 0 Å². The lowest BCUT2D eigenvalue weighted by Crippen LogP contribution is -2.35. The molecule has 0 spiro atoms. The number of hydrogen-bond donors (Lipinski definition) is 0. The first kappa shape index (κ1) is 25.0. The van der Waals surface area contributed by atoms with Crippen LogP contribution in [0.2, 0.25) is 0 Å². The van der Waals surface area contributed by atoms with E-state index < -0.39 is 47.3 Å². The standard InChI is InChI=1S/C18H24O10/c1-5-25-15(21)13(16(22)26-6-2)11(19)9-10-12(20)14(17(23)27-7-3)18(24)28-8-4/h9-10,13-14H,5-8H2,1-4H3/b10-9+. The van der Waals surface area contributed by atoms with E-state index in [1.807, 2.05) is 0 Å². The van der Waals surface area contributed by atoms with Gasteiger partial charge in [-0.05, 0) is 39.8 Å². The molecular formula is C18H24O10. The van der Waals surface area contributed by atoms with Crippen LogP contribution in [0.1, 0.15) is 27.7 Å². The summed E-state index contributed by atoms with van der Waals surface area (Å²) in [6.07, 6.45) is 1.21. The van der Waals surface area contributed by atoms with Crippen molar-refractivity contribution in [2.45, 2.75) is 27.7 Å². The Morgan fingerprint density at radius 2 is 0.750 bits per heavy atom. The molecule has 0 unspecified atom stereocenters. The molecule has 0 rings (SSSR count). The summed E-state index contributed by atoms with van der Waals surface area (Å²) in [5, 5.41) is 0. The van der Waals surface area contributed by atoms with Crippen molar-refractivity contribution in [3.8, 4) is 0 Å². The van der Waals surface area contributed by atoms with E-state index in [2.05, 4.69) is 18.9 Å². The lowest BCUT2D eigenvalue weighted by Gasteiger charge is -2.12. The molecule has 0 aromatic heterocycles. The maximum absolute atomic E-state index is 12.2. The molecule has 0 saturated heterocycles. The van der Waals surface area contributed by atoms with Gasteiger partial charge in [0, 0.05) is 0 Å². The molecule has 156 valence electrons. The third-order valence-electron chi connectivity index (χ3n) is 3.07. The van der Waals surface area contributed by atoms with Crippen LogP contribution in [-0.2, 0) is 47.7 Å². The predicted molar refractivity (Wildman–Crippen MR) is 92.7 cm³/mol. The molecule has 0 amide bonds. The summed E-state index contributed by atoms with van der Waals surface area (Å²) < 4.78 is 18.6. The van der Waals surface area contributed by atoms with Crippen LogP contribution in [0.15, 0.2) is 12.2 Å². The van der Waals surface area contributed by atoms with Gasteiger partial charge in [0.1, 0.15) is 0 Å². The number of carbonyl (C=O) groups excluding carboxylic acids is 6. The van der Waals surface area contributed by atoms with Gasteiger partial charge in [-0.25, -0.2) is 0 Å². The summed E-state index contributed by atoms with van der Waals surface area (Å²) in [5.74, 6) is -10.6. The van der Waals surface area contributed by atoms with E-state index in [0.29, 0.717) is 12.2 Å². The zero-order chi connectivity index (χ0) is 21.7. The summed E-state index contributed by atoms with van der Waals surface area (Å²) >= 11 is 0. The number of allylic oxidation sites excluding steroid dienone is 2. The minimum atomic E-state index is -1.92. The van der Waals surface area contributed by atoms with Crippen molar-refractivity contribution in [2.24, 2.45) is 11.8 Å². The van der Waals surface area contributed by atoms with Crippen molar-refractivity contribution >= 4 is 35.4 Å². The Morgan fingerprint density at radius 1 is 0.536 bits per heavy atom. The van der Waals surface area contributed by atoms with Gasteiger partial charge in [-0.3, -0.25) is 28.8 Å². The summed E-state index contributed by atoms with van der Waals surface area (Å²) in [6.45, 7) is 5.58. The topological polar surface area (TPSA) is 139 Å². The summed E-state index contributed by atoms with van der Waals surface area (Å²) in [4.78, 5) is 71.9. The molecule has 0 aromatic rings. The molecule has 10 heteroatoms. The molecule has 0 N–H and O–H groups in total. The molecule has 0 radical (unpaired) electrons. The van der Waals surface area contributed by atoms with Gasteiger partial charge in [0.2, 0.25) is 11.8 Å². The fraction of sp³-hybridized carbons (Fsp3) is 0.556. The molecule has 0 aliphatic rings. The van der Waals surface area contributed by atoms with Crippen LogP contribution in [0, 0.1) is 11.8 Å². The van der Waals surface area contributed by atoms with E-state index in [9.17, 15) is 28.8 Å². The van der Waals surface area contributed by atoms with Gasteiger partial charge >= 0.3 is 23.9 Å². The van der Waals surface area contributed by atoms with Crippen molar-refractivity contribution in [1.29, 1.82) is 0 Å². The second kappa shape index (κ2) is 13.2. The Bertz CT molecular complexity index is 544. The fourth-order valence-electron chi connectivity index (χ4n) is 1.92. The maximum atomic E-state index is 12.2. The van der Waals surface area contributed by atoms with Gasteiger partial charge in [0.25, 0.3) is 0 Å². The highest BCUT2D eigenvalue weighted by molar-refractivity contribution is 6.22. The minimum absolute atomic E-state index is 0.0849. The van der Waals surface area contributed by atoms with E-state index >= 15 is 0 Å². The van der Waals surface area contributed by atoms with Crippen LogP contribution >= 0.6 is 0 Å². The fourth-order valence-corrected chi connectivity index (χ4v) is 1.92. The van der Waals surface area contributed by atoms with Crippen molar-refractivity contribution in [3.63, 3.8) is 0 Å². The molecule has 0 bridgehead atoms. The van der Waals surface area contributed by atoms with Gasteiger partial charge in [-0.2, -0.15) is 0 Å². The molecule has 0 aliphatic carbocycles. The van der Waals surface area contributed by atoms with Gasteiger partial charge in [0.05, 0.1) is 26.4 Å². The lowest BCUT2D eigenvalue weighted by molar-refractivity contribution is -0.166. The molecule has 28 heavy (non-hydrogen) atoms. The Morgan fingerprint density at radius 3 is 0.929 bits per heavy atom. The normalized spacial score (nSPS) is 10.6. The van der Waals surface area contributed by atoms with Gasteiger partial charge in [0.15, 0.2) is 11.6 Å². The van der Waals surface area contributed by atoms with Crippen molar-refractivity contribution < 1.29 is 47.7 Å². The first-order valence-corrected chi connectivity index (χ1v) is 8.67. The Hall–Kier alpha value is -3.04. The second-order valence-corrected chi connectivity index (χ2v) is 5.01. The number of rotatable bonds is 12. The zero-order valence-electron chi connectivity index (χ0n) is 16.2. The van der Waals surface area contributed by atoms with E-state index in [0.717, 1.165) is 0 Å². The van der Waals surface area contributed by atoms with Gasteiger partial charge < -0.3 is 18.9 Å². The average molecular weight is 400 g/mol. The molecule has 0 aliphatic heterocycles. The Labute approximate surface area is 162 Å². The summed E-state index contributed by atoms with van der Waals surface area (Å²) in [5.41, 5.74) is 0. The molecule has 0 saturated carbocycles. The molecule has 0 aromatic carbocycles. The largest absolute Gasteiger partial charge is 0.465 e. The number of hydrogen-bond acceptors (Lipinski definition) is 10. The highest BCUT2D eigenvalue weighted by Crippen LogP contribution is 2.10. The minimum Gasteiger partial charge on any atom is -0.465 e. The second-order valence-electron chi connectivity index (χ2n) is 5.01. The lowest BCUT2D eigenvalue weighted by atomic mass is 10.0. The van der Waals surface area contributed by atoms with E-state index in [1.165, 1.54) is 27.7 Å². The first-order valence-electron chi connectivity index (χ1n) is 8.67. The smallest absolute Gasteiger partial charge is 0.328 e. The Balaban J connectivity index is 5.52. The van der Waals surface area contributed by atoms with Crippen LogP contribution in [0.5, 0.6) is 0 Å². The average Bonchev–Trinajstić information content (AvgIpc) is 2.61. The quantitative estimate of drug-likeness (QED) is 0.193. The molecule has 0 atom stereocenters. The molecule has 0 heterocycles. The predicted octanol–water partition coefficient (Wildman–Crippen LogP) is 0.166. The van der Waals surface area contributed by atoms with E-state index in [4.69, 9.17) is 0 Å². The van der Waals surface area contributed by atoms with E-state index in [-0.39, 0.29) is 26.4 Å². The van der Waals surface area contributed by atoms with Gasteiger partial charge in [-0.1, -0.05) is 0 Å². The summed E-state index contributed by atoms with van der Waals surface area (Å²) in [6, 6.07) is 0. The third-order valence-corrected chi connectivity index (χ3v) is 3.07. The van der Waals surface area contributed by atoms with Crippen LogP contribution in [-0.4, -0.2) is 61.9 Å². The number of esters is 4. The van der Waals surface area contributed by atoms with Crippen molar-refractivity contribution in [1.82, 2.24) is 0 Å². The first-order chi connectivity index (χ1) is 13.2. The zero-order valence-corrected chi connectivity index (χ0v) is 16.2. The summed E-state index contributed by atoms with van der Waals surface area (Å²) in [7, 11) is 0. The third kappa shape index (κ3) is 7.68. The Kier molecular flexibility index (Phi) is 11.7. The van der Waals surface area contributed by atoms with E-state index in [1.54, 1.807) is 0 Å². The monoisotopic (exact) mass is 400 g/mol. The SMILES string of the molecule is CCOC(=O)C(C(=O)/C=C/C(=O)C(C(=O)OCC)C(=O)OCC)C(=O)OCC. The maximum Gasteiger partial charge on any atom is 0.328 e. The highest BCUT2D eigenvalue weighted by atomic mass is 16.6. The van der Waals surface area contributed by atoms with Crippen LogP contribution in [0.4, 0.5) is 0 Å².